The highest BCUT2D eigenvalue weighted by molar-refractivity contribution is 14.1. The van der Waals surface area contributed by atoms with Crippen molar-refractivity contribution in [1.82, 2.24) is 5.32 Å². The van der Waals surface area contributed by atoms with E-state index in [1.54, 1.807) is 12.1 Å². The SMILES string of the molecule is Cc1c(I)cc(C[B-](F)(F)F)cc1N1CCNCC1. The van der Waals surface area contributed by atoms with Gasteiger partial charge in [-0.2, -0.15) is 0 Å². The molecule has 0 atom stereocenters. The van der Waals surface area contributed by atoms with E-state index < -0.39 is 13.3 Å². The molecule has 0 radical (unpaired) electrons. The molecule has 7 heteroatoms. The van der Waals surface area contributed by atoms with E-state index in [0.717, 1.165) is 41.0 Å². The lowest BCUT2D eigenvalue weighted by Crippen LogP contribution is -2.44. The summed E-state index contributed by atoms with van der Waals surface area (Å²) in [6.07, 6.45) is -0.796. The zero-order chi connectivity index (χ0) is 14.0. The van der Waals surface area contributed by atoms with E-state index in [4.69, 9.17) is 0 Å². The number of anilines is 1. The molecule has 0 bridgehead atoms. The predicted octanol–water partition coefficient (Wildman–Crippen LogP) is 2.94. The summed E-state index contributed by atoms with van der Waals surface area (Å²) in [6.45, 7) is 0.640. The monoisotopic (exact) mass is 383 g/mol. The van der Waals surface area contributed by atoms with Crippen LogP contribution < -0.4 is 10.2 Å². The van der Waals surface area contributed by atoms with E-state index in [1.165, 1.54) is 0 Å². The molecule has 0 amide bonds. The normalized spacial score (nSPS) is 16.8. The van der Waals surface area contributed by atoms with Gasteiger partial charge in [-0.3, -0.25) is 0 Å². The van der Waals surface area contributed by atoms with Crippen molar-refractivity contribution in [3.05, 3.63) is 26.8 Å². The maximum Gasteiger partial charge on any atom is 0.482 e. The van der Waals surface area contributed by atoms with Crippen LogP contribution in [0.5, 0.6) is 0 Å². The molecule has 0 unspecified atom stereocenters. The van der Waals surface area contributed by atoms with Gasteiger partial charge in [0.2, 0.25) is 0 Å². The topological polar surface area (TPSA) is 15.3 Å². The minimum absolute atomic E-state index is 0.371. The van der Waals surface area contributed by atoms with Gasteiger partial charge in [0.25, 0.3) is 0 Å². The molecule has 1 N–H and O–H groups in total. The van der Waals surface area contributed by atoms with Crippen LogP contribution in [0.2, 0.25) is 0 Å². The first kappa shape index (κ1) is 15.0. The van der Waals surface area contributed by atoms with Crippen LogP contribution in [0.25, 0.3) is 0 Å². The Kier molecular flexibility index (Phi) is 4.65. The van der Waals surface area contributed by atoms with Crippen LogP contribution in [-0.4, -0.2) is 33.2 Å². The number of piperazine rings is 1. The number of hydrogen-bond acceptors (Lipinski definition) is 2. The fraction of sp³-hybridized carbons (Fsp3) is 0.500. The zero-order valence-corrected chi connectivity index (χ0v) is 12.9. The molecule has 19 heavy (non-hydrogen) atoms. The molecule has 0 aliphatic carbocycles. The van der Waals surface area contributed by atoms with Crippen LogP contribution in [0.3, 0.4) is 0 Å². The Balaban J connectivity index is 2.31. The summed E-state index contributed by atoms with van der Waals surface area (Å²) in [5, 5.41) is 3.25. The summed E-state index contributed by atoms with van der Waals surface area (Å²) in [4.78, 5) is 2.17. The lowest BCUT2D eigenvalue weighted by molar-refractivity contribution is 0.468. The molecule has 1 fully saturated rings. The van der Waals surface area contributed by atoms with Crippen molar-refractivity contribution in [2.24, 2.45) is 0 Å². The van der Waals surface area contributed by atoms with Crippen LogP contribution >= 0.6 is 22.6 Å². The van der Waals surface area contributed by atoms with E-state index in [9.17, 15) is 12.9 Å². The van der Waals surface area contributed by atoms with Crippen molar-refractivity contribution >= 4 is 35.3 Å². The Morgan fingerprint density at radius 3 is 2.47 bits per heavy atom. The highest BCUT2D eigenvalue weighted by Crippen LogP contribution is 2.29. The Labute approximate surface area is 124 Å². The third kappa shape index (κ3) is 4.01. The zero-order valence-electron chi connectivity index (χ0n) is 10.7. The Bertz CT molecular complexity index is 459. The van der Waals surface area contributed by atoms with Gasteiger partial charge in [-0.05, 0) is 47.2 Å². The van der Waals surface area contributed by atoms with Gasteiger partial charge in [0.1, 0.15) is 0 Å². The number of halogens is 4. The minimum Gasteiger partial charge on any atom is -0.449 e. The predicted molar refractivity (Wildman–Crippen MR) is 81.8 cm³/mol. The summed E-state index contributed by atoms with van der Waals surface area (Å²) in [5.41, 5.74) is 2.39. The highest BCUT2D eigenvalue weighted by atomic mass is 127. The van der Waals surface area contributed by atoms with Crippen LogP contribution in [0.15, 0.2) is 12.1 Å². The molecule has 0 saturated carbocycles. The van der Waals surface area contributed by atoms with Crippen LogP contribution in [0.4, 0.5) is 18.6 Å². The fourth-order valence-electron chi connectivity index (χ4n) is 2.34. The molecule has 1 saturated heterocycles. The van der Waals surface area contributed by atoms with Crippen molar-refractivity contribution in [1.29, 1.82) is 0 Å². The van der Waals surface area contributed by atoms with Gasteiger partial charge >= 0.3 is 6.98 Å². The lowest BCUT2D eigenvalue weighted by atomic mass is 9.81. The summed E-state index contributed by atoms with van der Waals surface area (Å²) in [5.74, 6) is 0. The number of nitrogens with zero attached hydrogens (tertiary/aromatic N) is 1. The molecule has 2 rings (SSSR count). The summed E-state index contributed by atoms with van der Waals surface area (Å²) < 4.78 is 38.7. The van der Waals surface area contributed by atoms with Gasteiger partial charge in [0.15, 0.2) is 0 Å². The number of hydrogen-bond donors (Lipinski definition) is 1. The number of benzene rings is 1. The Hall–Kier alpha value is -0.435. The molecule has 1 heterocycles. The van der Waals surface area contributed by atoms with Gasteiger partial charge in [-0.1, -0.05) is 11.9 Å². The maximum atomic E-state index is 12.6. The first-order valence-corrected chi connectivity index (χ1v) is 7.40. The van der Waals surface area contributed by atoms with Crippen molar-refractivity contribution in [3.8, 4) is 0 Å². The first-order valence-electron chi connectivity index (χ1n) is 6.32. The Morgan fingerprint density at radius 1 is 1.26 bits per heavy atom. The van der Waals surface area contributed by atoms with Crippen LogP contribution in [0.1, 0.15) is 11.1 Å². The van der Waals surface area contributed by atoms with Crippen LogP contribution in [-0.2, 0) is 6.32 Å². The summed E-state index contributed by atoms with van der Waals surface area (Å²) >= 11 is 2.12. The minimum atomic E-state index is -4.78. The lowest BCUT2D eigenvalue weighted by Gasteiger charge is -2.31. The summed E-state index contributed by atoms with van der Waals surface area (Å²) in [6, 6.07) is 3.36. The second-order valence-corrected chi connectivity index (χ2v) is 6.04. The molecule has 1 aliphatic heterocycles. The van der Waals surface area contributed by atoms with Crippen molar-refractivity contribution in [2.45, 2.75) is 13.2 Å². The fourth-order valence-corrected chi connectivity index (χ4v) is 3.01. The van der Waals surface area contributed by atoms with E-state index in [2.05, 4.69) is 32.8 Å². The third-order valence-electron chi connectivity index (χ3n) is 3.30. The number of nitrogens with one attached hydrogen (secondary N) is 1. The first-order chi connectivity index (χ1) is 8.87. The van der Waals surface area contributed by atoms with E-state index in [1.807, 2.05) is 6.92 Å². The van der Waals surface area contributed by atoms with Crippen LogP contribution in [0, 0.1) is 10.5 Å². The van der Waals surface area contributed by atoms with Crippen molar-refractivity contribution in [2.75, 3.05) is 31.1 Å². The standard InChI is InChI=1S/C12H16BF3IN2/c1-9-11(17)6-10(8-13(14,15)16)7-12(9)19-4-2-18-3-5-19/h6-7,18H,2-5,8H2,1H3/q-1. The summed E-state index contributed by atoms with van der Waals surface area (Å²) in [7, 11) is 0. The molecule has 0 aromatic heterocycles. The van der Waals surface area contributed by atoms with Gasteiger partial charge < -0.3 is 23.2 Å². The largest absolute Gasteiger partial charge is 0.482 e. The van der Waals surface area contributed by atoms with E-state index >= 15 is 0 Å². The van der Waals surface area contributed by atoms with E-state index in [-0.39, 0.29) is 0 Å². The van der Waals surface area contributed by atoms with Gasteiger partial charge in [-0.25, -0.2) is 0 Å². The molecular formula is C12H16BF3IN2-. The quantitative estimate of drug-likeness (QED) is 0.638. The van der Waals surface area contributed by atoms with E-state index in [0.29, 0.717) is 5.56 Å². The second-order valence-electron chi connectivity index (χ2n) is 4.87. The number of rotatable bonds is 3. The Morgan fingerprint density at radius 2 is 1.89 bits per heavy atom. The average Bonchev–Trinajstić information content (AvgIpc) is 2.33. The van der Waals surface area contributed by atoms with Gasteiger partial charge in [0, 0.05) is 35.4 Å². The third-order valence-corrected chi connectivity index (χ3v) is 4.42. The van der Waals surface area contributed by atoms with Gasteiger partial charge in [0.05, 0.1) is 0 Å². The highest BCUT2D eigenvalue weighted by Gasteiger charge is 2.24. The van der Waals surface area contributed by atoms with Crippen molar-refractivity contribution in [3.63, 3.8) is 0 Å². The molecule has 106 valence electrons. The molecule has 1 aromatic carbocycles. The van der Waals surface area contributed by atoms with Crippen molar-refractivity contribution < 1.29 is 12.9 Å². The average molecular weight is 383 g/mol. The second kappa shape index (κ2) is 5.91. The smallest absolute Gasteiger partial charge is 0.449 e. The maximum absolute atomic E-state index is 12.6. The molecule has 2 nitrogen and oxygen atoms in total. The molecule has 1 aliphatic rings. The molecular weight excluding hydrogens is 367 g/mol. The van der Waals surface area contributed by atoms with Gasteiger partial charge in [-0.15, -0.1) is 0 Å². The molecule has 1 aromatic rings. The molecule has 0 spiro atoms.